The molecule has 0 aliphatic carbocycles. The number of sulfonamides is 1. The van der Waals surface area contributed by atoms with E-state index >= 15 is 0 Å². The van der Waals surface area contributed by atoms with Gasteiger partial charge in [-0.05, 0) is 49.9 Å². The number of carbonyl (C=O) groups is 1. The van der Waals surface area contributed by atoms with Gasteiger partial charge < -0.3 is 5.32 Å². The molecule has 1 unspecified atom stereocenters. The number of amides is 1. The van der Waals surface area contributed by atoms with E-state index in [4.69, 9.17) is 0 Å². The first-order valence-electron chi connectivity index (χ1n) is 10.7. The average molecular weight is 431 g/mol. The molecule has 5 nitrogen and oxygen atoms in total. The van der Waals surface area contributed by atoms with Crippen molar-refractivity contribution in [3.63, 3.8) is 0 Å². The Balaban J connectivity index is 2.27. The summed E-state index contributed by atoms with van der Waals surface area (Å²) in [6.45, 7) is 8.43. The van der Waals surface area contributed by atoms with Crippen LogP contribution < -0.4 is 9.62 Å². The fourth-order valence-electron chi connectivity index (χ4n) is 3.49. The molecule has 0 saturated heterocycles. The molecule has 2 rings (SSSR count). The van der Waals surface area contributed by atoms with Crippen molar-refractivity contribution in [1.82, 2.24) is 5.32 Å². The lowest BCUT2D eigenvalue weighted by molar-refractivity contribution is -0.119. The molecule has 0 aliphatic heterocycles. The molecule has 0 heterocycles. The first-order chi connectivity index (χ1) is 14.3. The Hall–Kier alpha value is -2.34. The van der Waals surface area contributed by atoms with Crippen LogP contribution in [0.4, 0.5) is 5.69 Å². The lowest BCUT2D eigenvalue weighted by Crippen LogP contribution is -2.42. The molecule has 164 valence electrons. The van der Waals surface area contributed by atoms with E-state index < -0.39 is 10.0 Å². The summed E-state index contributed by atoms with van der Waals surface area (Å²) < 4.78 is 28.0. The Kier molecular flexibility index (Phi) is 8.90. The molecule has 0 fully saturated rings. The zero-order valence-electron chi connectivity index (χ0n) is 18.5. The van der Waals surface area contributed by atoms with Crippen LogP contribution in [-0.2, 0) is 14.8 Å². The summed E-state index contributed by atoms with van der Waals surface area (Å²) in [4.78, 5) is 12.9. The standard InChI is InChI=1S/C24H34N2O3S/c1-5-7-11-21(6-2)17-25-24(27)18-26(23-15-14-19(3)16-20(23)4)30(28,29)22-12-9-8-10-13-22/h8-10,12-16,21H,5-7,11,17-18H2,1-4H3,(H,25,27). The predicted molar refractivity (Wildman–Crippen MR) is 123 cm³/mol. The summed E-state index contributed by atoms with van der Waals surface area (Å²) in [6.07, 6.45) is 4.31. The predicted octanol–water partition coefficient (Wildman–Crippen LogP) is 4.83. The molecule has 0 spiro atoms. The lowest BCUT2D eigenvalue weighted by Gasteiger charge is -2.26. The number of benzene rings is 2. The molecule has 1 atom stereocenters. The second-order valence-corrected chi connectivity index (χ2v) is 9.70. The lowest BCUT2D eigenvalue weighted by atomic mass is 9.99. The van der Waals surface area contributed by atoms with Gasteiger partial charge in [-0.15, -0.1) is 0 Å². The summed E-state index contributed by atoms with van der Waals surface area (Å²) in [7, 11) is -3.87. The number of unbranched alkanes of at least 4 members (excludes halogenated alkanes) is 1. The quantitative estimate of drug-likeness (QED) is 0.555. The van der Waals surface area contributed by atoms with Crippen molar-refractivity contribution in [2.45, 2.75) is 58.3 Å². The molecule has 0 radical (unpaired) electrons. The maximum absolute atomic E-state index is 13.4. The summed E-state index contributed by atoms with van der Waals surface area (Å²) in [6, 6.07) is 13.8. The number of carbonyl (C=O) groups excluding carboxylic acids is 1. The van der Waals surface area contributed by atoms with Crippen molar-refractivity contribution >= 4 is 21.6 Å². The highest BCUT2D eigenvalue weighted by molar-refractivity contribution is 7.92. The van der Waals surface area contributed by atoms with E-state index in [-0.39, 0.29) is 17.3 Å². The Labute approximate surface area is 181 Å². The minimum atomic E-state index is -3.87. The highest BCUT2D eigenvalue weighted by atomic mass is 32.2. The second-order valence-electron chi connectivity index (χ2n) is 7.84. The summed E-state index contributed by atoms with van der Waals surface area (Å²) in [5.41, 5.74) is 2.38. The smallest absolute Gasteiger partial charge is 0.264 e. The van der Waals surface area contributed by atoms with Gasteiger partial charge in [-0.2, -0.15) is 0 Å². The molecule has 1 amide bonds. The van der Waals surface area contributed by atoms with Gasteiger partial charge in [0.15, 0.2) is 0 Å². The zero-order valence-corrected chi connectivity index (χ0v) is 19.3. The van der Waals surface area contributed by atoms with E-state index in [0.29, 0.717) is 18.2 Å². The van der Waals surface area contributed by atoms with E-state index in [0.717, 1.165) is 36.8 Å². The Bertz CT molecular complexity index is 927. The van der Waals surface area contributed by atoms with E-state index in [1.165, 1.54) is 4.31 Å². The van der Waals surface area contributed by atoms with Gasteiger partial charge in [0.1, 0.15) is 6.54 Å². The molecular formula is C24H34N2O3S. The Morgan fingerprint density at radius 1 is 1.07 bits per heavy atom. The molecule has 6 heteroatoms. The minimum absolute atomic E-state index is 0.173. The number of hydrogen-bond donors (Lipinski definition) is 1. The minimum Gasteiger partial charge on any atom is -0.354 e. The van der Waals surface area contributed by atoms with Gasteiger partial charge in [-0.25, -0.2) is 8.42 Å². The number of hydrogen-bond acceptors (Lipinski definition) is 3. The monoisotopic (exact) mass is 430 g/mol. The van der Waals surface area contributed by atoms with Crippen molar-refractivity contribution in [1.29, 1.82) is 0 Å². The summed E-state index contributed by atoms with van der Waals surface area (Å²) in [5, 5.41) is 2.95. The molecule has 0 bridgehead atoms. The third kappa shape index (κ3) is 6.33. The van der Waals surface area contributed by atoms with Gasteiger partial charge in [0.2, 0.25) is 5.91 Å². The van der Waals surface area contributed by atoms with Crippen LogP contribution in [0.2, 0.25) is 0 Å². The largest absolute Gasteiger partial charge is 0.354 e. The van der Waals surface area contributed by atoms with Gasteiger partial charge in [0.05, 0.1) is 10.6 Å². The molecule has 0 aliphatic rings. The highest BCUT2D eigenvalue weighted by Gasteiger charge is 2.28. The SMILES string of the molecule is CCCCC(CC)CNC(=O)CN(c1ccc(C)cc1C)S(=O)(=O)c1ccccc1. The van der Waals surface area contributed by atoms with Crippen LogP contribution in [0.1, 0.15) is 50.7 Å². The van der Waals surface area contributed by atoms with Crippen LogP contribution in [0, 0.1) is 19.8 Å². The van der Waals surface area contributed by atoms with Crippen LogP contribution in [0.5, 0.6) is 0 Å². The number of nitrogens with zero attached hydrogens (tertiary/aromatic N) is 1. The van der Waals surface area contributed by atoms with Crippen LogP contribution in [-0.4, -0.2) is 27.4 Å². The van der Waals surface area contributed by atoms with Crippen molar-refractivity contribution in [2.75, 3.05) is 17.4 Å². The second kappa shape index (κ2) is 11.2. The van der Waals surface area contributed by atoms with E-state index in [1.54, 1.807) is 36.4 Å². The fraction of sp³-hybridized carbons (Fsp3) is 0.458. The molecule has 0 aromatic heterocycles. The maximum Gasteiger partial charge on any atom is 0.264 e. The Morgan fingerprint density at radius 3 is 2.37 bits per heavy atom. The van der Waals surface area contributed by atoms with Gasteiger partial charge in [-0.1, -0.05) is 69.0 Å². The van der Waals surface area contributed by atoms with E-state index in [9.17, 15) is 13.2 Å². The summed E-state index contributed by atoms with van der Waals surface area (Å²) in [5.74, 6) is 0.124. The van der Waals surface area contributed by atoms with Crippen LogP contribution in [0.25, 0.3) is 0 Å². The first kappa shape index (κ1) is 23.9. The zero-order chi connectivity index (χ0) is 22.1. The van der Waals surface area contributed by atoms with Gasteiger partial charge in [0, 0.05) is 6.54 Å². The van der Waals surface area contributed by atoms with E-state index in [2.05, 4.69) is 19.2 Å². The number of rotatable bonds is 11. The number of anilines is 1. The van der Waals surface area contributed by atoms with E-state index in [1.807, 2.05) is 26.0 Å². The normalized spacial score (nSPS) is 12.4. The van der Waals surface area contributed by atoms with Gasteiger partial charge in [0.25, 0.3) is 10.0 Å². The topological polar surface area (TPSA) is 66.5 Å². The van der Waals surface area contributed by atoms with Crippen LogP contribution in [0.15, 0.2) is 53.4 Å². The van der Waals surface area contributed by atoms with Crippen molar-refractivity contribution in [3.8, 4) is 0 Å². The van der Waals surface area contributed by atoms with Crippen molar-refractivity contribution in [2.24, 2.45) is 5.92 Å². The van der Waals surface area contributed by atoms with Gasteiger partial charge in [-0.3, -0.25) is 9.10 Å². The summed E-state index contributed by atoms with van der Waals surface area (Å²) >= 11 is 0. The van der Waals surface area contributed by atoms with Gasteiger partial charge >= 0.3 is 0 Å². The first-order valence-corrected chi connectivity index (χ1v) is 12.1. The maximum atomic E-state index is 13.4. The van der Waals surface area contributed by atoms with Crippen LogP contribution >= 0.6 is 0 Å². The average Bonchev–Trinajstić information content (AvgIpc) is 2.73. The fourth-order valence-corrected chi connectivity index (χ4v) is 5.00. The van der Waals surface area contributed by atoms with Crippen molar-refractivity contribution in [3.05, 3.63) is 59.7 Å². The third-order valence-electron chi connectivity index (χ3n) is 5.37. The molecule has 30 heavy (non-hydrogen) atoms. The third-order valence-corrected chi connectivity index (χ3v) is 7.14. The Morgan fingerprint density at radius 2 is 1.77 bits per heavy atom. The molecule has 1 N–H and O–H groups in total. The molecule has 2 aromatic carbocycles. The van der Waals surface area contributed by atoms with Crippen LogP contribution in [0.3, 0.4) is 0 Å². The highest BCUT2D eigenvalue weighted by Crippen LogP contribution is 2.27. The van der Waals surface area contributed by atoms with Crippen molar-refractivity contribution < 1.29 is 13.2 Å². The molecular weight excluding hydrogens is 396 g/mol. The number of nitrogens with one attached hydrogen (secondary N) is 1. The molecule has 0 saturated carbocycles. The number of aryl methyl sites for hydroxylation is 2. The molecule has 2 aromatic rings.